The summed E-state index contributed by atoms with van der Waals surface area (Å²) in [4.78, 5) is 0.181. The van der Waals surface area contributed by atoms with E-state index >= 15 is 0 Å². The molecule has 0 saturated carbocycles. The Kier molecular flexibility index (Phi) is 8.72. The Hall–Kier alpha value is -2.09. The van der Waals surface area contributed by atoms with E-state index in [9.17, 15) is 8.42 Å². The molecule has 2 aromatic rings. The molecule has 204 valence electrons. The van der Waals surface area contributed by atoms with Gasteiger partial charge >= 0.3 is 0 Å². The lowest BCUT2D eigenvalue weighted by Crippen LogP contribution is -2.44. The molecule has 0 fully saturated rings. The average Bonchev–Trinajstić information content (AvgIpc) is 2.78. The number of rotatable bonds is 9. The highest BCUT2D eigenvalue weighted by Gasteiger charge is 2.39. The zero-order valence-corrected chi connectivity index (χ0v) is 25.8. The molecule has 0 aromatic heterocycles. The molecule has 3 rings (SSSR count). The van der Waals surface area contributed by atoms with Crippen molar-refractivity contribution in [2.75, 3.05) is 6.61 Å². The summed E-state index contributed by atoms with van der Waals surface area (Å²) in [6.07, 6.45) is 5.56. The van der Waals surface area contributed by atoms with Crippen LogP contribution in [-0.4, -0.2) is 28.9 Å². The maximum Gasteiger partial charge on any atom is 0.297 e. The fourth-order valence-electron chi connectivity index (χ4n) is 4.15. The topological polar surface area (TPSA) is 61.8 Å². The molecule has 37 heavy (non-hydrogen) atoms. The molecule has 0 spiro atoms. The Bertz CT molecular complexity index is 1240. The fourth-order valence-corrected chi connectivity index (χ4v) is 6.11. The molecule has 1 atom stereocenters. The van der Waals surface area contributed by atoms with Gasteiger partial charge in [-0.25, -0.2) is 0 Å². The number of ether oxygens (including phenoxy) is 1. The first kappa shape index (κ1) is 29.5. The summed E-state index contributed by atoms with van der Waals surface area (Å²) in [5.41, 5.74) is 3.95. The highest BCUT2D eigenvalue weighted by molar-refractivity contribution is 7.86. The van der Waals surface area contributed by atoms with Crippen LogP contribution in [0.3, 0.4) is 0 Å². The molecule has 0 bridgehead atoms. The van der Waals surface area contributed by atoms with E-state index in [4.69, 9.17) is 13.3 Å². The van der Waals surface area contributed by atoms with Crippen molar-refractivity contribution < 1.29 is 21.8 Å². The van der Waals surface area contributed by atoms with Crippen LogP contribution < -0.4 is 9.16 Å². The molecule has 5 nitrogen and oxygen atoms in total. The third kappa shape index (κ3) is 7.49. The van der Waals surface area contributed by atoms with Crippen molar-refractivity contribution in [3.05, 3.63) is 64.7 Å². The summed E-state index contributed by atoms with van der Waals surface area (Å²) >= 11 is 0. The SMILES string of the molecule is C/C(=C\CC[C@]1(C)CCc2cc(O[Si](C)(C)C(C)(C)C)cc(C)c2O1)COS(=O)(=O)c1ccc(C)cc1. The first-order chi connectivity index (χ1) is 17.0. The first-order valence-electron chi connectivity index (χ1n) is 13.1. The second kappa shape index (κ2) is 10.9. The van der Waals surface area contributed by atoms with Crippen LogP contribution in [0.25, 0.3) is 0 Å². The molecule has 1 heterocycles. The van der Waals surface area contributed by atoms with Gasteiger partial charge in [0, 0.05) is 0 Å². The molecular weight excluding hydrogens is 500 g/mol. The van der Waals surface area contributed by atoms with Crippen molar-refractivity contribution in [3.8, 4) is 11.5 Å². The standard InChI is InChI=1S/C30H44O5SSi/c1-22-12-14-27(15-13-22)36(31,32)33-21-23(2)11-10-17-30(7)18-16-25-20-26(19-24(3)28(25)34-30)35-37(8,9)29(4,5)6/h11-15,19-20H,10,16-18,21H2,1-9H3/b23-11+/t30-/m1/s1. The number of aryl methyl sites for hydroxylation is 3. The van der Waals surface area contributed by atoms with Crippen molar-refractivity contribution in [3.63, 3.8) is 0 Å². The summed E-state index contributed by atoms with van der Waals surface area (Å²) in [6, 6.07) is 11.0. The molecule has 7 heteroatoms. The van der Waals surface area contributed by atoms with Gasteiger partial charge in [-0.15, -0.1) is 0 Å². The molecule has 1 aliphatic heterocycles. The van der Waals surface area contributed by atoms with Crippen molar-refractivity contribution in [2.45, 2.75) is 103 Å². The Balaban J connectivity index is 1.59. The fraction of sp³-hybridized carbons (Fsp3) is 0.533. The van der Waals surface area contributed by atoms with E-state index in [1.807, 2.05) is 13.8 Å². The molecule has 1 aliphatic rings. The lowest BCUT2D eigenvalue weighted by Gasteiger charge is -2.39. The highest BCUT2D eigenvalue weighted by atomic mass is 32.2. The molecule has 0 amide bonds. The van der Waals surface area contributed by atoms with Crippen LogP contribution in [0.1, 0.15) is 70.6 Å². The van der Waals surface area contributed by atoms with E-state index in [0.29, 0.717) is 0 Å². The van der Waals surface area contributed by atoms with Gasteiger partial charge in [-0.3, -0.25) is 4.18 Å². The van der Waals surface area contributed by atoms with E-state index in [2.05, 4.69) is 65.9 Å². The van der Waals surface area contributed by atoms with E-state index < -0.39 is 18.4 Å². The van der Waals surface area contributed by atoms with E-state index in [1.54, 1.807) is 24.3 Å². The Morgan fingerprint density at radius 2 is 1.78 bits per heavy atom. The van der Waals surface area contributed by atoms with Crippen molar-refractivity contribution >= 4 is 18.4 Å². The summed E-state index contributed by atoms with van der Waals surface area (Å²) < 4.78 is 43.3. The predicted octanol–water partition coefficient (Wildman–Crippen LogP) is 7.90. The summed E-state index contributed by atoms with van der Waals surface area (Å²) in [5.74, 6) is 1.93. The van der Waals surface area contributed by atoms with Gasteiger partial charge in [0.2, 0.25) is 8.32 Å². The smallest absolute Gasteiger partial charge is 0.297 e. The van der Waals surface area contributed by atoms with E-state index in [1.165, 1.54) is 5.56 Å². The third-order valence-corrected chi connectivity index (χ3v) is 13.3. The predicted molar refractivity (Wildman–Crippen MR) is 154 cm³/mol. The van der Waals surface area contributed by atoms with Crippen molar-refractivity contribution in [1.29, 1.82) is 0 Å². The lowest BCUT2D eigenvalue weighted by molar-refractivity contribution is 0.0562. The largest absolute Gasteiger partial charge is 0.543 e. The van der Waals surface area contributed by atoms with E-state index in [0.717, 1.165) is 53.9 Å². The third-order valence-electron chi connectivity index (χ3n) is 7.69. The highest BCUT2D eigenvalue weighted by Crippen LogP contribution is 2.42. The second-order valence-electron chi connectivity index (χ2n) is 12.3. The molecule has 0 radical (unpaired) electrons. The van der Waals surface area contributed by atoms with E-state index in [-0.39, 0.29) is 22.1 Å². The van der Waals surface area contributed by atoms with Crippen LogP contribution in [-0.2, 0) is 20.7 Å². The molecule has 0 aliphatic carbocycles. The van der Waals surface area contributed by atoms with Crippen molar-refractivity contribution in [2.24, 2.45) is 0 Å². The van der Waals surface area contributed by atoms with Gasteiger partial charge < -0.3 is 9.16 Å². The average molecular weight is 545 g/mol. The number of allylic oxidation sites excluding steroid dienone is 1. The van der Waals surface area contributed by atoms with Crippen LogP contribution in [0.5, 0.6) is 11.5 Å². The number of hydrogen-bond acceptors (Lipinski definition) is 5. The van der Waals surface area contributed by atoms with Crippen LogP contribution in [0.2, 0.25) is 18.1 Å². The van der Waals surface area contributed by atoms with Crippen molar-refractivity contribution in [1.82, 2.24) is 0 Å². The van der Waals surface area contributed by atoms with Crippen LogP contribution >= 0.6 is 0 Å². The molecule has 0 N–H and O–H groups in total. The lowest BCUT2D eigenvalue weighted by atomic mass is 9.87. The molecule has 0 unspecified atom stereocenters. The summed E-state index contributed by atoms with van der Waals surface area (Å²) in [6.45, 7) is 19.4. The first-order valence-corrected chi connectivity index (χ1v) is 17.5. The monoisotopic (exact) mass is 544 g/mol. The quantitative estimate of drug-likeness (QED) is 0.182. The second-order valence-corrected chi connectivity index (χ2v) is 18.6. The minimum absolute atomic E-state index is 0.0483. The normalized spacial score (nSPS) is 18.8. The van der Waals surface area contributed by atoms with Crippen LogP contribution in [0, 0.1) is 13.8 Å². The Morgan fingerprint density at radius 3 is 2.41 bits per heavy atom. The Labute approximate surface area is 225 Å². The minimum atomic E-state index is -3.76. The summed E-state index contributed by atoms with van der Waals surface area (Å²) in [5, 5.41) is 0.146. The molecule has 0 saturated heterocycles. The summed E-state index contributed by atoms with van der Waals surface area (Å²) in [7, 11) is -5.67. The van der Waals surface area contributed by atoms with Gasteiger partial charge in [0.15, 0.2) is 0 Å². The maximum absolute atomic E-state index is 12.4. The van der Waals surface area contributed by atoms with Gasteiger partial charge in [-0.1, -0.05) is 50.1 Å². The number of benzene rings is 2. The zero-order valence-electron chi connectivity index (χ0n) is 24.0. The molecule has 2 aromatic carbocycles. The maximum atomic E-state index is 12.4. The van der Waals surface area contributed by atoms with Gasteiger partial charge in [-0.05, 0) is 107 Å². The zero-order chi connectivity index (χ0) is 27.6. The number of fused-ring (bicyclic) bond motifs is 1. The van der Waals surface area contributed by atoms with Gasteiger partial charge in [-0.2, -0.15) is 8.42 Å². The molecular formula is C30H44O5SSi. The van der Waals surface area contributed by atoms with Gasteiger partial charge in [0.25, 0.3) is 10.1 Å². The Morgan fingerprint density at radius 1 is 1.14 bits per heavy atom. The van der Waals surface area contributed by atoms with Crippen LogP contribution in [0.4, 0.5) is 0 Å². The minimum Gasteiger partial charge on any atom is -0.543 e. The van der Waals surface area contributed by atoms with Gasteiger partial charge in [0.05, 0.1) is 11.5 Å². The van der Waals surface area contributed by atoms with Gasteiger partial charge in [0.1, 0.15) is 17.1 Å². The number of hydrogen-bond donors (Lipinski definition) is 0. The van der Waals surface area contributed by atoms with Crippen LogP contribution in [0.15, 0.2) is 52.9 Å².